The number of phenols is 1. The van der Waals surface area contributed by atoms with Crippen molar-refractivity contribution in [1.29, 1.82) is 0 Å². The molecule has 0 aliphatic carbocycles. The Morgan fingerprint density at radius 2 is 2.00 bits per heavy atom. The first-order chi connectivity index (χ1) is 6.42. The molecule has 0 aliphatic rings. The molecule has 1 rings (SSSR count). The largest absolute Gasteiger partial charge is 0.508 e. The minimum absolute atomic E-state index is 0.181. The van der Waals surface area contributed by atoms with E-state index in [9.17, 15) is 8.78 Å². The van der Waals surface area contributed by atoms with E-state index in [0.29, 0.717) is 0 Å². The van der Waals surface area contributed by atoms with Gasteiger partial charge in [0.15, 0.2) is 0 Å². The van der Waals surface area contributed by atoms with Crippen molar-refractivity contribution < 1.29 is 18.6 Å². The third-order valence-electron chi connectivity index (χ3n) is 1.33. The smallest absolute Gasteiger partial charge is 0.428 e. The van der Waals surface area contributed by atoms with E-state index in [1.54, 1.807) is 0 Å². The van der Waals surface area contributed by atoms with Gasteiger partial charge in [-0.2, -0.15) is 8.78 Å². The van der Waals surface area contributed by atoms with Crippen molar-refractivity contribution in [2.75, 3.05) is 0 Å². The summed E-state index contributed by atoms with van der Waals surface area (Å²) in [5.74, 6) is -0.389. The van der Waals surface area contributed by atoms with Gasteiger partial charge in [0.25, 0.3) is 0 Å². The van der Waals surface area contributed by atoms with Crippen molar-refractivity contribution in [3.63, 3.8) is 0 Å². The van der Waals surface area contributed by atoms with E-state index in [-0.39, 0.29) is 11.5 Å². The standard InChI is InChI=1S/C8H6Cl2F2O2/c9-7(10)8(11,12)14-6-3-1-2-5(13)4-6/h1-4,7,13H. The number of phenolic OH excluding ortho intramolecular Hbond substituents is 1. The van der Waals surface area contributed by atoms with Gasteiger partial charge in [-0.3, -0.25) is 0 Å². The Balaban J connectivity index is 2.78. The van der Waals surface area contributed by atoms with E-state index < -0.39 is 10.9 Å². The molecule has 0 spiro atoms. The maximum atomic E-state index is 12.8. The molecule has 78 valence electrons. The average Bonchev–Trinajstić information content (AvgIpc) is 2.02. The summed E-state index contributed by atoms with van der Waals surface area (Å²) in [6.07, 6.45) is -3.68. The molecule has 0 amide bonds. The van der Waals surface area contributed by atoms with Crippen LogP contribution in [0, 0.1) is 0 Å². The predicted molar refractivity (Wildman–Crippen MR) is 49.2 cm³/mol. The van der Waals surface area contributed by atoms with E-state index in [2.05, 4.69) is 4.74 Å². The molecule has 0 bridgehead atoms. The van der Waals surface area contributed by atoms with Crippen LogP contribution in [0.15, 0.2) is 24.3 Å². The molecule has 0 saturated carbocycles. The molecule has 1 N–H and O–H groups in total. The highest BCUT2D eigenvalue weighted by molar-refractivity contribution is 6.44. The van der Waals surface area contributed by atoms with Crippen LogP contribution in [0.4, 0.5) is 8.78 Å². The molecule has 0 atom stereocenters. The molecule has 0 heterocycles. The maximum absolute atomic E-state index is 12.8. The van der Waals surface area contributed by atoms with Crippen LogP contribution in [0.1, 0.15) is 0 Å². The summed E-state index contributed by atoms with van der Waals surface area (Å²) < 4.78 is 29.8. The normalized spacial score (nSPS) is 11.8. The predicted octanol–water partition coefficient (Wildman–Crippen LogP) is 3.17. The minimum Gasteiger partial charge on any atom is -0.508 e. The van der Waals surface area contributed by atoms with Crippen molar-refractivity contribution in [3.8, 4) is 11.5 Å². The topological polar surface area (TPSA) is 29.5 Å². The molecule has 0 radical (unpaired) electrons. The molecule has 0 aliphatic heterocycles. The Morgan fingerprint density at radius 1 is 1.36 bits per heavy atom. The summed E-state index contributed by atoms with van der Waals surface area (Å²) in [6, 6.07) is 4.97. The molecule has 0 fully saturated rings. The number of aromatic hydroxyl groups is 1. The van der Waals surface area contributed by atoms with Gasteiger partial charge in [0.1, 0.15) is 11.5 Å². The van der Waals surface area contributed by atoms with Crippen LogP contribution in [0.3, 0.4) is 0 Å². The van der Waals surface area contributed by atoms with Crippen molar-refractivity contribution in [2.24, 2.45) is 0 Å². The number of rotatable bonds is 3. The van der Waals surface area contributed by atoms with Gasteiger partial charge < -0.3 is 9.84 Å². The van der Waals surface area contributed by atoms with Gasteiger partial charge in [-0.1, -0.05) is 29.3 Å². The molecular weight excluding hydrogens is 237 g/mol. The van der Waals surface area contributed by atoms with Crippen LogP contribution in [-0.2, 0) is 0 Å². The second-order valence-electron chi connectivity index (χ2n) is 2.46. The number of hydrogen-bond donors (Lipinski definition) is 1. The summed E-state index contributed by atoms with van der Waals surface area (Å²) >= 11 is 9.97. The van der Waals surface area contributed by atoms with Gasteiger partial charge in [-0.05, 0) is 12.1 Å². The van der Waals surface area contributed by atoms with Crippen LogP contribution in [0.5, 0.6) is 11.5 Å². The fourth-order valence-electron chi connectivity index (χ4n) is 0.749. The highest BCUT2D eigenvalue weighted by Gasteiger charge is 2.40. The number of alkyl halides is 4. The fourth-order valence-corrected chi connectivity index (χ4v) is 0.838. The second-order valence-corrected chi connectivity index (χ2v) is 3.56. The van der Waals surface area contributed by atoms with Gasteiger partial charge in [-0.25, -0.2) is 0 Å². The van der Waals surface area contributed by atoms with Crippen LogP contribution in [0.2, 0.25) is 0 Å². The highest BCUT2D eigenvalue weighted by atomic mass is 35.5. The number of halogens is 4. The zero-order valence-corrected chi connectivity index (χ0v) is 8.27. The summed E-state index contributed by atoms with van der Waals surface area (Å²) in [4.78, 5) is -1.97. The van der Waals surface area contributed by atoms with E-state index in [1.807, 2.05) is 0 Å². The number of ether oxygens (including phenoxy) is 1. The second kappa shape index (κ2) is 4.19. The SMILES string of the molecule is Oc1cccc(OC(F)(F)C(Cl)Cl)c1. The molecule has 14 heavy (non-hydrogen) atoms. The highest BCUT2D eigenvalue weighted by Crippen LogP contribution is 2.31. The minimum atomic E-state index is -3.68. The Hall–Kier alpha value is -0.740. The van der Waals surface area contributed by atoms with Crippen molar-refractivity contribution >= 4 is 23.2 Å². The van der Waals surface area contributed by atoms with Crippen LogP contribution in [0.25, 0.3) is 0 Å². The first-order valence-corrected chi connectivity index (χ1v) is 4.43. The summed E-state index contributed by atoms with van der Waals surface area (Å²) in [6.45, 7) is 0. The maximum Gasteiger partial charge on any atom is 0.428 e. The number of benzene rings is 1. The zero-order valence-electron chi connectivity index (χ0n) is 6.75. The van der Waals surface area contributed by atoms with Crippen LogP contribution in [-0.4, -0.2) is 16.1 Å². The Bertz CT molecular complexity index is 318. The summed E-state index contributed by atoms with van der Waals surface area (Å²) in [7, 11) is 0. The molecule has 0 aromatic heterocycles. The van der Waals surface area contributed by atoms with E-state index in [0.717, 1.165) is 6.07 Å². The Kier molecular flexibility index (Phi) is 3.39. The molecule has 6 heteroatoms. The third kappa shape index (κ3) is 2.89. The van der Waals surface area contributed by atoms with Gasteiger partial charge in [0.2, 0.25) is 4.84 Å². The molecule has 0 unspecified atom stereocenters. The molecule has 0 saturated heterocycles. The molecule has 1 aromatic carbocycles. The molecule has 1 aromatic rings. The van der Waals surface area contributed by atoms with E-state index >= 15 is 0 Å². The lowest BCUT2D eigenvalue weighted by molar-refractivity contribution is -0.163. The van der Waals surface area contributed by atoms with E-state index in [4.69, 9.17) is 28.3 Å². The van der Waals surface area contributed by atoms with Crippen molar-refractivity contribution in [2.45, 2.75) is 10.9 Å². The third-order valence-corrected chi connectivity index (χ3v) is 1.83. The first-order valence-electron chi connectivity index (χ1n) is 3.56. The Morgan fingerprint density at radius 3 is 2.50 bits per heavy atom. The monoisotopic (exact) mass is 242 g/mol. The average molecular weight is 243 g/mol. The fraction of sp³-hybridized carbons (Fsp3) is 0.250. The van der Waals surface area contributed by atoms with Gasteiger partial charge >= 0.3 is 6.11 Å². The zero-order chi connectivity index (χ0) is 10.8. The van der Waals surface area contributed by atoms with Crippen LogP contribution >= 0.6 is 23.2 Å². The van der Waals surface area contributed by atoms with Crippen molar-refractivity contribution in [3.05, 3.63) is 24.3 Å². The molecule has 2 nitrogen and oxygen atoms in total. The number of hydrogen-bond acceptors (Lipinski definition) is 2. The van der Waals surface area contributed by atoms with Gasteiger partial charge in [0.05, 0.1) is 0 Å². The lowest BCUT2D eigenvalue weighted by atomic mass is 10.3. The van der Waals surface area contributed by atoms with E-state index in [1.165, 1.54) is 18.2 Å². The first kappa shape index (κ1) is 11.3. The Labute approximate surface area is 89.0 Å². The summed E-state index contributed by atoms with van der Waals surface area (Å²) in [5, 5.41) is 8.96. The van der Waals surface area contributed by atoms with Crippen LogP contribution < -0.4 is 4.74 Å². The quantitative estimate of drug-likeness (QED) is 0.826. The van der Waals surface area contributed by atoms with Gasteiger partial charge in [-0.15, -0.1) is 0 Å². The lowest BCUT2D eigenvalue weighted by Gasteiger charge is -2.18. The lowest BCUT2D eigenvalue weighted by Crippen LogP contribution is -2.32. The summed E-state index contributed by atoms with van der Waals surface area (Å²) in [5.41, 5.74) is 0. The van der Waals surface area contributed by atoms with Crippen molar-refractivity contribution in [1.82, 2.24) is 0 Å². The molecular formula is C8H6Cl2F2O2. The van der Waals surface area contributed by atoms with Gasteiger partial charge in [0, 0.05) is 6.07 Å².